The van der Waals surface area contributed by atoms with E-state index in [9.17, 15) is 8.42 Å². The minimum Gasteiger partial charge on any atom is -0.261 e. The summed E-state index contributed by atoms with van der Waals surface area (Å²) in [4.78, 5) is 4.53. The molecule has 3 rings (SSSR count). The lowest BCUT2D eigenvalue weighted by molar-refractivity contribution is 0.388. The molecule has 0 aliphatic carbocycles. The highest BCUT2D eigenvalue weighted by atomic mass is 79.9. The molecule has 0 fully saturated rings. The summed E-state index contributed by atoms with van der Waals surface area (Å²) in [6.45, 7) is 0.790. The van der Waals surface area contributed by atoms with E-state index in [1.165, 1.54) is 16.4 Å². The van der Waals surface area contributed by atoms with Gasteiger partial charge in [0.25, 0.3) is 0 Å². The van der Waals surface area contributed by atoms with Crippen LogP contribution in [0.3, 0.4) is 0 Å². The number of benzene rings is 1. The molecule has 7 heteroatoms. The number of hydrogen-bond acceptors (Lipinski definition) is 3. The van der Waals surface area contributed by atoms with E-state index in [0.717, 1.165) is 11.3 Å². The van der Waals surface area contributed by atoms with E-state index in [4.69, 9.17) is 11.6 Å². The molecule has 0 saturated carbocycles. The number of nitrogens with zero attached hydrogens (tertiary/aromatic N) is 2. The molecule has 0 bridgehead atoms. The maximum atomic E-state index is 12.7. The molecule has 0 unspecified atom stereocenters. The summed E-state index contributed by atoms with van der Waals surface area (Å²) < 4.78 is 27.5. The first-order valence-corrected chi connectivity index (χ1v) is 8.97. The molecular weight excluding hydrogens is 376 g/mol. The van der Waals surface area contributed by atoms with Gasteiger partial charge in [0.2, 0.25) is 10.0 Å². The third kappa shape index (κ3) is 2.85. The first-order chi connectivity index (χ1) is 9.98. The maximum absolute atomic E-state index is 12.7. The van der Waals surface area contributed by atoms with E-state index in [1.807, 2.05) is 12.1 Å². The fourth-order valence-corrected chi connectivity index (χ4v) is 4.43. The molecule has 0 spiro atoms. The van der Waals surface area contributed by atoms with Crippen molar-refractivity contribution >= 4 is 37.6 Å². The number of fused-ring (bicyclic) bond motifs is 1. The van der Waals surface area contributed by atoms with E-state index < -0.39 is 10.0 Å². The highest BCUT2D eigenvalue weighted by Crippen LogP contribution is 2.29. The van der Waals surface area contributed by atoms with E-state index in [-0.39, 0.29) is 4.90 Å². The van der Waals surface area contributed by atoms with Gasteiger partial charge in [-0.1, -0.05) is 17.7 Å². The van der Waals surface area contributed by atoms with Crippen LogP contribution in [0.5, 0.6) is 0 Å². The normalized spacial score (nSPS) is 15.7. The second-order valence-corrected chi connectivity index (χ2v) is 7.97. The lowest BCUT2D eigenvalue weighted by atomic mass is 10.1. The Morgan fingerprint density at radius 1 is 1.29 bits per heavy atom. The van der Waals surface area contributed by atoms with Gasteiger partial charge in [0, 0.05) is 35.9 Å². The minimum atomic E-state index is -3.53. The van der Waals surface area contributed by atoms with Crippen molar-refractivity contribution in [3.8, 4) is 0 Å². The fraction of sp³-hybridized carbons (Fsp3) is 0.214. The fourth-order valence-electron chi connectivity index (χ4n) is 2.33. The van der Waals surface area contributed by atoms with Gasteiger partial charge < -0.3 is 0 Å². The van der Waals surface area contributed by atoms with Gasteiger partial charge in [0.15, 0.2) is 0 Å². The predicted molar refractivity (Wildman–Crippen MR) is 84.7 cm³/mol. The Hall–Kier alpha value is -0.950. The Morgan fingerprint density at radius 2 is 2.10 bits per heavy atom. The van der Waals surface area contributed by atoms with Crippen LogP contribution >= 0.6 is 27.5 Å². The molecule has 0 saturated heterocycles. The number of halogens is 2. The monoisotopic (exact) mass is 386 g/mol. The molecule has 0 radical (unpaired) electrons. The van der Waals surface area contributed by atoms with Crippen molar-refractivity contribution in [2.75, 3.05) is 6.54 Å². The molecule has 0 atom stereocenters. The van der Waals surface area contributed by atoms with Crippen LogP contribution in [0.2, 0.25) is 5.02 Å². The number of pyridine rings is 1. The molecule has 110 valence electrons. The van der Waals surface area contributed by atoms with E-state index in [0.29, 0.717) is 29.0 Å². The van der Waals surface area contributed by atoms with E-state index in [2.05, 4.69) is 20.9 Å². The average Bonchev–Trinajstić information content (AvgIpc) is 2.49. The Balaban J connectivity index is 1.95. The van der Waals surface area contributed by atoms with Crippen molar-refractivity contribution in [3.63, 3.8) is 0 Å². The summed E-state index contributed by atoms with van der Waals surface area (Å²) in [5.41, 5.74) is 1.93. The molecule has 1 aliphatic rings. The summed E-state index contributed by atoms with van der Waals surface area (Å²) in [5.74, 6) is 0. The van der Waals surface area contributed by atoms with Crippen molar-refractivity contribution in [1.82, 2.24) is 9.29 Å². The Morgan fingerprint density at radius 3 is 2.86 bits per heavy atom. The van der Waals surface area contributed by atoms with Crippen LogP contribution in [0.15, 0.2) is 45.9 Å². The zero-order valence-corrected chi connectivity index (χ0v) is 14.1. The largest absolute Gasteiger partial charge is 0.261 e. The smallest absolute Gasteiger partial charge is 0.243 e. The van der Waals surface area contributed by atoms with Crippen molar-refractivity contribution in [1.29, 1.82) is 0 Å². The molecule has 1 aliphatic heterocycles. The summed E-state index contributed by atoms with van der Waals surface area (Å²) in [7, 11) is -3.53. The second kappa shape index (κ2) is 5.68. The average molecular weight is 388 g/mol. The van der Waals surface area contributed by atoms with E-state index in [1.54, 1.807) is 12.3 Å². The molecule has 1 aromatic heterocycles. The van der Waals surface area contributed by atoms with Gasteiger partial charge in [-0.2, -0.15) is 4.31 Å². The zero-order valence-electron chi connectivity index (χ0n) is 11.0. The summed E-state index contributed by atoms with van der Waals surface area (Å²) in [6.07, 6.45) is 2.36. The number of sulfonamides is 1. The predicted octanol–water partition coefficient (Wildman–Crippen LogP) is 3.24. The van der Waals surface area contributed by atoms with Crippen molar-refractivity contribution < 1.29 is 8.42 Å². The second-order valence-electron chi connectivity index (χ2n) is 4.77. The van der Waals surface area contributed by atoms with Gasteiger partial charge in [-0.25, -0.2) is 8.42 Å². The van der Waals surface area contributed by atoms with Gasteiger partial charge in [-0.3, -0.25) is 4.98 Å². The topological polar surface area (TPSA) is 50.3 Å². The molecule has 0 amide bonds. The minimum absolute atomic E-state index is 0.242. The van der Waals surface area contributed by atoms with Gasteiger partial charge in [-0.05, 0) is 45.8 Å². The summed E-state index contributed by atoms with van der Waals surface area (Å²) >= 11 is 9.18. The molecule has 4 nitrogen and oxygen atoms in total. The molecule has 2 aromatic rings. The molecule has 21 heavy (non-hydrogen) atoms. The van der Waals surface area contributed by atoms with Crippen LogP contribution in [0.25, 0.3) is 0 Å². The highest BCUT2D eigenvalue weighted by Gasteiger charge is 2.28. The molecule has 0 N–H and O–H groups in total. The van der Waals surface area contributed by atoms with Crippen molar-refractivity contribution in [3.05, 3.63) is 57.3 Å². The number of rotatable bonds is 2. The third-order valence-electron chi connectivity index (χ3n) is 3.46. The van der Waals surface area contributed by atoms with Crippen LogP contribution in [0, 0.1) is 0 Å². The number of aromatic nitrogens is 1. The third-order valence-corrected chi connectivity index (χ3v) is 6.51. The van der Waals surface area contributed by atoms with Crippen molar-refractivity contribution in [2.45, 2.75) is 17.9 Å². The Kier molecular flexibility index (Phi) is 4.05. The lowest BCUT2D eigenvalue weighted by Gasteiger charge is -2.27. The first kappa shape index (κ1) is 15.0. The Labute approximate surface area is 136 Å². The van der Waals surface area contributed by atoms with Gasteiger partial charge in [-0.15, -0.1) is 0 Å². The van der Waals surface area contributed by atoms with Crippen LogP contribution < -0.4 is 0 Å². The maximum Gasteiger partial charge on any atom is 0.243 e. The standard InChI is InChI=1S/C14H12BrClN2O2S/c15-12-8-11(3-4-13(12)16)21(19,20)18-7-5-14-10(9-18)2-1-6-17-14/h1-4,6,8H,5,7,9H2. The summed E-state index contributed by atoms with van der Waals surface area (Å²) in [6, 6.07) is 8.39. The van der Waals surface area contributed by atoms with Crippen LogP contribution in [0.4, 0.5) is 0 Å². The van der Waals surface area contributed by atoms with Gasteiger partial charge >= 0.3 is 0 Å². The SMILES string of the molecule is O=S(=O)(c1ccc(Cl)c(Br)c1)N1CCc2ncccc2C1. The Bertz CT molecular complexity index is 795. The quantitative estimate of drug-likeness (QED) is 0.795. The first-order valence-electron chi connectivity index (χ1n) is 6.36. The van der Waals surface area contributed by atoms with E-state index >= 15 is 0 Å². The lowest BCUT2D eigenvalue weighted by Crippen LogP contribution is -2.36. The van der Waals surface area contributed by atoms with Crippen LogP contribution in [-0.2, 0) is 23.0 Å². The molecular formula is C14H12BrClN2O2S. The molecule has 2 heterocycles. The van der Waals surface area contributed by atoms with Crippen LogP contribution in [-0.4, -0.2) is 24.3 Å². The zero-order chi connectivity index (χ0) is 15.0. The van der Waals surface area contributed by atoms with Crippen LogP contribution in [0.1, 0.15) is 11.3 Å². The van der Waals surface area contributed by atoms with Gasteiger partial charge in [0.1, 0.15) is 0 Å². The number of hydrogen-bond donors (Lipinski definition) is 0. The van der Waals surface area contributed by atoms with Gasteiger partial charge in [0.05, 0.1) is 9.92 Å². The highest BCUT2D eigenvalue weighted by molar-refractivity contribution is 9.10. The summed E-state index contributed by atoms with van der Waals surface area (Å²) in [5, 5.41) is 0.488. The molecule has 1 aromatic carbocycles. The van der Waals surface area contributed by atoms with Crippen molar-refractivity contribution in [2.24, 2.45) is 0 Å².